The molecule has 0 unspecified atom stereocenters. The van der Waals surface area contributed by atoms with E-state index in [0.717, 1.165) is 16.9 Å². The van der Waals surface area contributed by atoms with Gasteiger partial charge in [-0.3, -0.25) is 14.5 Å². The van der Waals surface area contributed by atoms with Crippen molar-refractivity contribution in [3.63, 3.8) is 0 Å². The first-order valence-corrected chi connectivity index (χ1v) is 13.4. The third kappa shape index (κ3) is 5.17. The standard InChI is InChI=1S/C31H26N2O7S/c1-17-15-20(13-14-23(17)38-3)26(34)24-25(19-9-8-12-22(16-19)40-21-10-6-5-7-11-21)33(29(36)27(24)35)31-32-18(2)28(41-31)30(37)39-4/h5-16,25,34H,1-4H3/t25-/m1/s1. The number of hydrogen-bond acceptors (Lipinski definition) is 9. The summed E-state index contributed by atoms with van der Waals surface area (Å²) < 4.78 is 16.2. The van der Waals surface area contributed by atoms with Gasteiger partial charge in [0.15, 0.2) is 5.13 Å². The highest BCUT2D eigenvalue weighted by molar-refractivity contribution is 7.17. The largest absolute Gasteiger partial charge is 0.507 e. The number of ether oxygens (including phenoxy) is 3. The second-order valence-electron chi connectivity index (χ2n) is 9.24. The topological polar surface area (TPSA) is 115 Å². The smallest absolute Gasteiger partial charge is 0.350 e. The average molecular weight is 571 g/mol. The number of carbonyl (C=O) groups excluding carboxylic acids is 3. The first kappa shape index (κ1) is 27.6. The number of anilines is 1. The summed E-state index contributed by atoms with van der Waals surface area (Å²) >= 11 is 0.933. The molecule has 0 saturated carbocycles. The number of thiazole rings is 1. The minimum atomic E-state index is -1.06. The number of hydrogen-bond donors (Lipinski definition) is 1. The van der Waals surface area contributed by atoms with E-state index in [9.17, 15) is 19.5 Å². The summed E-state index contributed by atoms with van der Waals surface area (Å²) in [7, 11) is 2.79. The summed E-state index contributed by atoms with van der Waals surface area (Å²) in [5, 5.41) is 11.6. The third-order valence-corrected chi connectivity index (χ3v) is 7.76. The van der Waals surface area contributed by atoms with Crippen molar-refractivity contribution in [3.05, 3.63) is 106 Å². The van der Waals surface area contributed by atoms with E-state index in [1.807, 2.05) is 25.1 Å². The molecule has 3 aromatic carbocycles. The number of rotatable bonds is 7. The monoisotopic (exact) mass is 570 g/mol. The Morgan fingerprint density at radius 2 is 1.68 bits per heavy atom. The van der Waals surface area contributed by atoms with E-state index >= 15 is 0 Å². The van der Waals surface area contributed by atoms with Crippen LogP contribution in [0, 0.1) is 13.8 Å². The third-order valence-electron chi connectivity index (χ3n) is 6.63. The van der Waals surface area contributed by atoms with Crippen LogP contribution in [0.15, 0.2) is 78.4 Å². The number of para-hydroxylation sites is 1. The number of amides is 1. The number of ketones is 1. The van der Waals surface area contributed by atoms with E-state index in [-0.39, 0.29) is 21.3 Å². The molecule has 5 rings (SSSR count). The van der Waals surface area contributed by atoms with E-state index in [1.165, 1.54) is 19.1 Å². The second kappa shape index (κ2) is 11.3. The number of esters is 1. The Bertz CT molecular complexity index is 1690. The Morgan fingerprint density at radius 3 is 2.37 bits per heavy atom. The van der Waals surface area contributed by atoms with Gasteiger partial charge in [0, 0.05) is 5.56 Å². The highest BCUT2D eigenvalue weighted by Gasteiger charge is 2.48. The Balaban J connectivity index is 1.68. The molecule has 0 spiro atoms. The van der Waals surface area contributed by atoms with Crippen LogP contribution >= 0.6 is 11.3 Å². The summed E-state index contributed by atoms with van der Waals surface area (Å²) in [5.74, 6) is -1.05. The molecule has 0 aliphatic carbocycles. The highest BCUT2D eigenvalue weighted by Crippen LogP contribution is 2.45. The van der Waals surface area contributed by atoms with Crippen LogP contribution in [0.1, 0.15) is 38.1 Å². The number of nitrogens with zero attached hydrogens (tertiary/aromatic N) is 2. The van der Waals surface area contributed by atoms with Gasteiger partial charge in [0.2, 0.25) is 0 Å². The van der Waals surface area contributed by atoms with Gasteiger partial charge in [0.25, 0.3) is 5.78 Å². The fraction of sp³-hybridized carbons (Fsp3) is 0.161. The summed E-state index contributed by atoms with van der Waals surface area (Å²) in [4.78, 5) is 45.3. The van der Waals surface area contributed by atoms with E-state index < -0.39 is 23.7 Å². The van der Waals surface area contributed by atoms with Crippen molar-refractivity contribution >= 4 is 39.9 Å². The van der Waals surface area contributed by atoms with Crippen LogP contribution in [-0.2, 0) is 14.3 Å². The van der Waals surface area contributed by atoms with Gasteiger partial charge < -0.3 is 19.3 Å². The molecular formula is C31H26N2O7S. The average Bonchev–Trinajstić information content (AvgIpc) is 3.49. The zero-order chi connectivity index (χ0) is 29.3. The SMILES string of the molecule is COC(=O)c1sc(N2C(=O)C(=O)C(=C(O)c3ccc(OC)c(C)c3)[C@H]2c2cccc(Oc3ccccc3)c2)nc1C. The molecule has 208 valence electrons. The molecule has 1 aliphatic heterocycles. The Kier molecular flexibility index (Phi) is 7.58. The molecule has 1 amide bonds. The first-order valence-electron chi connectivity index (χ1n) is 12.6. The van der Waals surface area contributed by atoms with Crippen molar-refractivity contribution in [3.8, 4) is 17.2 Å². The van der Waals surface area contributed by atoms with E-state index in [4.69, 9.17) is 14.2 Å². The Morgan fingerprint density at radius 1 is 0.951 bits per heavy atom. The fourth-order valence-corrected chi connectivity index (χ4v) is 5.68. The Hall–Kier alpha value is -4.96. The predicted molar refractivity (Wildman–Crippen MR) is 154 cm³/mol. The van der Waals surface area contributed by atoms with Crippen molar-refractivity contribution in [2.75, 3.05) is 19.1 Å². The second-order valence-corrected chi connectivity index (χ2v) is 10.2. The molecule has 41 heavy (non-hydrogen) atoms. The maximum absolute atomic E-state index is 13.6. The molecule has 1 N–H and O–H groups in total. The summed E-state index contributed by atoms with van der Waals surface area (Å²) in [6.07, 6.45) is 0. The van der Waals surface area contributed by atoms with Crippen LogP contribution in [0.5, 0.6) is 17.2 Å². The van der Waals surface area contributed by atoms with Crippen LogP contribution < -0.4 is 14.4 Å². The molecule has 1 fully saturated rings. The lowest BCUT2D eigenvalue weighted by molar-refractivity contribution is -0.132. The van der Waals surface area contributed by atoms with Gasteiger partial charge in [0.05, 0.1) is 31.5 Å². The number of carbonyl (C=O) groups is 3. The summed E-state index contributed by atoms with van der Waals surface area (Å²) in [5.41, 5.74) is 1.80. The minimum Gasteiger partial charge on any atom is -0.507 e. The number of Topliss-reactive ketones (excluding diaryl/α,β-unsaturated/α-hetero) is 1. The van der Waals surface area contributed by atoms with Crippen LogP contribution in [0.2, 0.25) is 0 Å². The molecule has 0 bridgehead atoms. The van der Waals surface area contributed by atoms with Crippen molar-refractivity contribution in [2.45, 2.75) is 19.9 Å². The van der Waals surface area contributed by atoms with Gasteiger partial charge >= 0.3 is 11.9 Å². The quantitative estimate of drug-likeness (QED) is 0.125. The molecule has 1 saturated heterocycles. The fourth-order valence-electron chi connectivity index (χ4n) is 4.67. The van der Waals surface area contributed by atoms with Crippen molar-refractivity contribution in [2.24, 2.45) is 0 Å². The number of benzene rings is 3. The van der Waals surface area contributed by atoms with Gasteiger partial charge in [-0.15, -0.1) is 0 Å². The predicted octanol–water partition coefficient (Wildman–Crippen LogP) is 5.97. The summed E-state index contributed by atoms with van der Waals surface area (Å²) in [6, 6.07) is 20.0. The lowest BCUT2D eigenvalue weighted by atomic mass is 9.94. The van der Waals surface area contributed by atoms with Crippen molar-refractivity contribution in [1.29, 1.82) is 0 Å². The number of methoxy groups -OCH3 is 2. The van der Waals surface area contributed by atoms with E-state index in [0.29, 0.717) is 34.1 Å². The maximum atomic E-state index is 13.6. The molecular weight excluding hydrogens is 544 g/mol. The maximum Gasteiger partial charge on any atom is 0.350 e. The number of aryl methyl sites for hydroxylation is 2. The van der Waals surface area contributed by atoms with Crippen molar-refractivity contribution in [1.82, 2.24) is 4.98 Å². The first-order chi connectivity index (χ1) is 19.7. The molecule has 9 nitrogen and oxygen atoms in total. The lowest BCUT2D eigenvalue weighted by Crippen LogP contribution is -2.29. The molecule has 1 aromatic heterocycles. The van der Waals surface area contributed by atoms with Gasteiger partial charge in [-0.2, -0.15) is 0 Å². The minimum absolute atomic E-state index is 0.120. The molecule has 4 aromatic rings. The van der Waals surface area contributed by atoms with Crippen molar-refractivity contribution < 1.29 is 33.7 Å². The number of aliphatic hydroxyl groups excluding tert-OH is 1. The summed E-state index contributed by atoms with van der Waals surface area (Å²) in [6.45, 7) is 3.43. The Labute approximate surface area is 240 Å². The van der Waals surface area contributed by atoms with Gasteiger partial charge in [0.1, 0.15) is 27.9 Å². The molecule has 2 heterocycles. The zero-order valence-electron chi connectivity index (χ0n) is 22.7. The molecule has 0 radical (unpaired) electrons. The van der Waals surface area contributed by atoms with Crippen LogP contribution in [0.3, 0.4) is 0 Å². The number of aliphatic hydroxyl groups is 1. The highest BCUT2D eigenvalue weighted by atomic mass is 32.1. The molecule has 10 heteroatoms. The van der Waals surface area contributed by atoms with Gasteiger partial charge in [-0.1, -0.05) is 41.7 Å². The lowest BCUT2D eigenvalue weighted by Gasteiger charge is -2.23. The zero-order valence-corrected chi connectivity index (χ0v) is 23.5. The van der Waals surface area contributed by atoms with Gasteiger partial charge in [-0.05, 0) is 67.4 Å². The van der Waals surface area contributed by atoms with Crippen LogP contribution in [0.4, 0.5) is 5.13 Å². The van der Waals surface area contributed by atoms with Gasteiger partial charge in [-0.25, -0.2) is 9.78 Å². The molecule has 1 aliphatic rings. The van der Waals surface area contributed by atoms with Crippen LogP contribution in [0.25, 0.3) is 5.76 Å². The molecule has 1 atom stereocenters. The van der Waals surface area contributed by atoms with Crippen LogP contribution in [-0.4, -0.2) is 42.0 Å². The van der Waals surface area contributed by atoms with E-state index in [1.54, 1.807) is 61.5 Å². The normalized spacial score (nSPS) is 16.1. The number of aromatic nitrogens is 1. The van der Waals surface area contributed by atoms with E-state index in [2.05, 4.69) is 4.98 Å².